The fraction of sp³-hybridized carbons (Fsp3) is 0.412. The number of aromatic nitrogens is 2. The zero-order valence-electron chi connectivity index (χ0n) is 12.4. The van der Waals surface area contributed by atoms with E-state index in [4.69, 9.17) is 11.6 Å². The molecule has 21 heavy (non-hydrogen) atoms. The van der Waals surface area contributed by atoms with Crippen molar-refractivity contribution in [1.82, 2.24) is 9.97 Å². The minimum atomic E-state index is 0.451. The van der Waals surface area contributed by atoms with Crippen molar-refractivity contribution in [2.75, 3.05) is 5.32 Å². The van der Waals surface area contributed by atoms with Gasteiger partial charge in [-0.25, -0.2) is 9.97 Å². The van der Waals surface area contributed by atoms with Crippen LogP contribution in [0.4, 0.5) is 5.82 Å². The maximum absolute atomic E-state index is 6.22. The lowest BCUT2D eigenvalue weighted by molar-refractivity contribution is 0.829. The van der Waals surface area contributed by atoms with Crippen LogP contribution >= 0.6 is 11.6 Å². The minimum Gasteiger partial charge on any atom is -0.366 e. The van der Waals surface area contributed by atoms with Gasteiger partial charge in [0.1, 0.15) is 16.8 Å². The Morgan fingerprint density at radius 1 is 1.24 bits per heavy atom. The molecule has 0 spiro atoms. The van der Waals surface area contributed by atoms with E-state index in [1.165, 1.54) is 5.56 Å². The number of halogens is 1. The molecular weight excluding hydrogens is 282 g/mol. The first-order valence-electron chi connectivity index (χ1n) is 7.53. The fourth-order valence-electron chi connectivity index (χ4n) is 2.61. The number of anilines is 1. The summed E-state index contributed by atoms with van der Waals surface area (Å²) in [7, 11) is 0. The number of aryl methyl sites for hydroxylation is 1. The lowest BCUT2D eigenvalue weighted by atomic mass is 10.1. The molecule has 3 rings (SSSR count). The van der Waals surface area contributed by atoms with E-state index in [0.717, 1.165) is 36.5 Å². The monoisotopic (exact) mass is 301 g/mol. The molecule has 1 aliphatic rings. The van der Waals surface area contributed by atoms with E-state index in [2.05, 4.69) is 52.5 Å². The second kappa shape index (κ2) is 6.02. The first-order valence-corrected chi connectivity index (χ1v) is 7.91. The second-order valence-electron chi connectivity index (χ2n) is 5.66. The highest BCUT2D eigenvalue weighted by atomic mass is 35.5. The van der Waals surface area contributed by atoms with Gasteiger partial charge in [-0.15, -0.1) is 0 Å². The summed E-state index contributed by atoms with van der Waals surface area (Å²) in [6.07, 6.45) is 3.03. The minimum absolute atomic E-state index is 0.451. The maximum Gasteiger partial charge on any atom is 0.137 e. The Labute approximate surface area is 130 Å². The van der Waals surface area contributed by atoms with Gasteiger partial charge >= 0.3 is 0 Å². The van der Waals surface area contributed by atoms with E-state index in [9.17, 15) is 0 Å². The van der Waals surface area contributed by atoms with Gasteiger partial charge < -0.3 is 5.32 Å². The van der Waals surface area contributed by atoms with Gasteiger partial charge in [0.25, 0.3) is 0 Å². The molecule has 1 fully saturated rings. The van der Waals surface area contributed by atoms with E-state index in [-0.39, 0.29) is 0 Å². The van der Waals surface area contributed by atoms with Crippen LogP contribution in [0.25, 0.3) is 0 Å². The number of hydrogen-bond donors (Lipinski definition) is 1. The van der Waals surface area contributed by atoms with Crippen LogP contribution < -0.4 is 5.32 Å². The van der Waals surface area contributed by atoms with Crippen molar-refractivity contribution in [3.05, 3.63) is 52.4 Å². The van der Waals surface area contributed by atoms with Crippen LogP contribution in [0.5, 0.6) is 0 Å². The van der Waals surface area contributed by atoms with Gasteiger partial charge in [0, 0.05) is 23.9 Å². The van der Waals surface area contributed by atoms with Crippen molar-refractivity contribution in [3.63, 3.8) is 0 Å². The van der Waals surface area contributed by atoms with Crippen molar-refractivity contribution in [3.8, 4) is 0 Å². The summed E-state index contributed by atoms with van der Waals surface area (Å²) < 4.78 is 0. The summed E-state index contributed by atoms with van der Waals surface area (Å²) in [4.78, 5) is 8.97. The van der Waals surface area contributed by atoms with Crippen LogP contribution in [-0.4, -0.2) is 16.0 Å². The van der Waals surface area contributed by atoms with Gasteiger partial charge in [-0.05, 0) is 25.3 Å². The van der Waals surface area contributed by atoms with Crippen LogP contribution in [0.2, 0.25) is 5.15 Å². The van der Waals surface area contributed by atoms with Gasteiger partial charge in [0.05, 0.1) is 0 Å². The quantitative estimate of drug-likeness (QED) is 0.834. The van der Waals surface area contributed by atoms with Crippen molar-refractivity contribution < 1.29 is 0 Å². The molecule has 3 nitrogen and oxygen atoms in total. The summed E-state index contributed by atoms with van der Waals surface area (Å²) in [5.41, 5.74) is 2.33. The molecule has 1 aromatic carbocycles. The normalized spacial score (nSPS) is 20.3. The highest BCUT2D eigenvalue weighted by Crippen LogP contribution is 2.43. The molecule has 1 heterocycles. The van der Waals surface area contributed by atoms with Crippen LogP contribution in [0.1, 0.15) is 42.6 Å². The number of benzene rings is 1. The predicted octanol–water partition coefficient (Wildman–Crippen LogP) is 4.36. The lowest BCUT2D eigenvalue weighted by Gasteiger charge is -2.11. The van der Waals surface area contributed by atoms with Crippen molar-refractivity contribution in [2.45, 2.75) is 45.1 Å². The van der Waals surface area contributed by atoms with Gasteiger partial charge in [0.15, 0.2) is 0 Å². The number of nitrogens with one attached hydrogen (secondary N) is 1. The third-order valence-corrected chi connectivity index (χ3v) is 4.31. The standard InChI is InChI=1S/C17H20ClN3/c1-3-7-15-20-16(18)11(2)17(21-15)19-14-10-13(14)12-8-5-4-6-9-12/h4-6,8-9,13-14H,3,7,10H2,1-2H3,(H,19,20,21). The van der Waals surface area contributed by atoms with E-state index in [0.29, 0.717) is 17.1 Å². The summed E-state index contributed by atoms with van der Waals surface area (Å²) in [6.45, 7) is 4.09. The zero-order valence-corrected chi connectivity index (χ0v) is 13.2. The topological polar surface area (TPSA) is 37.8 Å². The Balaban J connectivity index is 1.74. The Morgan fingerprint density at radius 3 is 2.71 bits per heavy atom. The van der Waals surface area contributed by atoms with Gasteiger partial charge in [0.2, 0.25) is 0 Å². The molecule has 0 aliphatic heterocycles. The second-order valence-corrected chi connectivity index (χ2v) is 6.02. The smallest absolute Gasteiger partial charge is 0.137 e. The summed E-state index contributed by atoms with van der Waals surface area (Å²) in [5, 5.41) is 4.10. The molecule has 1 N–H and O–H groups in total. The van der Waals surface area contributed by atoms with Crippen LogP contribution in [-0.2, 0) is 6.42 Å². The molecule has 0 radical (unpaired) electrons. The van der Waals surface area contributed by atoms with Gasteiger partial charge in [-0.2, -0.15) is 0 Å². The zero-order chi connectivity index (χ0) is 14.8. The maximum atomic E-state index is 6.22. The van der Waals surface area contributed by atoms with Crippen molar-refractivity contribution >= 4 is 17.4 Å². The molecule has 110 valence electrons. The molecule has 0 amide bonds. The third-order valence-electron chi connectivity index (χ3n) is 3.95. The van der Waals surface area contributed by atoms with Gasteiger partial charge in [-0.1, -0.05) is 48.9 Å². The highest BCUT2D eigenvalue weighted by Gasteiger charge is 2.38. The van der Waals surface area contributed by atoms with E-state index >= 15 is 0 Å². The predicted molar refractivity (Wildman–Crippen MR) is 87.0 cm³/mol. The number of hydrogen-bond acceptors (Lipinski definition) is 3. The fourth-order valence-corrected chi connectivity index (χ4v) is 2.79. The summed E-state index contributed by atoms with van der Waals surface area (Å²) in [6, 6.07) is 11.1. The van der Waals surface area contributed by atoms with Crippen LogP contribution in [0.15, 0.2) is 30.3 Å². The van der Waals surface area contributed by atoms with Gasteiger partial charge in [-0.3, -0.25) is 0 Å². The first kappa shape index (κ1) is 14.3. The molecule has 4 heteroatoms. The molecule has 1 saturated carbocycles. The Morgan fingerprint density at radius 2 is 2.00 bits per heavy atom. The molecule has 1 aliphatic carbocycles. The average Bonchev–Trinajstić information content (AvgIpc) is 3.25. The van der Waals surface area contributed by atoms with E-state index < -0.39 is 0 Å². The Hall–Kier alpha value is -1.61. The number of rotatable bonds is 5. The lowest BCUT2D eigenvalue weighted by Crippen LogP contribution is -2.10. The van der Waals surface area contributed by atoms with Crippen LogP contribution in [0.3, 0.4) is 0 Å². The van der Waals surface area contributed by atoms with Crippen molar-refractivity contribution in [2.24, 2.45) is 0 Å². The number of nitrogens with zero attached hydrogens (tertiary/aromatic N) is 2. The molecule has 2 aromatic rings. The highest BCUT2D eigenvalue weighted by molar-refractivity contribution is 6.30. The molecule has 1 aromatic heterocycles. The summed E-state index contributed by atoms with van der Waals surface area (Å²) >= 11 is 6.22. The Bertz CT molecular complexity index is 627. The Kier molecular flexibility index (Phi) is 4.11. The third kappa shape index (κ3) is 3.18. The average molecular weight is 302 g/mol. The summed E-state index contributed by atoms with van der Waals surface area (Å²) in [5.74, 6) is 2.29. The van der Waals surface area contributed by atoms with E-state index in [1.807, 2.05) is 6.92 Å². The SMILES string of the molecule is CCCc1nc(Cl)c(C)c(NC2CC2c2ccccc2)n1. The molecule has 0 bridgehead atoms. The first-order chi connectivity index (χ1) is 10.2. The van der Waals surface area contributed by atoms with Crippen molar-refractivity contribution in [1.29, 1.82) is 0 Å². The molecular formula is C17H20ClN3. The molecule has 2 unspecified atom stereocenters. The van der Waals surface area contributed by atoms with Crippen LogP contribution in [0, 0.1) is 6.92 Å². The van der Waals surface area contributed by atoms with E-state index in [1.54, 1.807) is 0 Å². The molecule has 2 atom stereocenters. The molecule has 0 saturated heterocycles. The largest absolute Gasteiger partial charge is 0.366 e.